The molecule has 17 heavy (non-hydrogen) atoms. The summed E-state index contributed by atoms with van der Waals surface area (Å²) in [4.78, 5) is 2.33. The van der Waals surface area contributed by atoms with Crippen LogP contribution in [0.5, 0.6) is 5.75 Å². The van der Waals surface area contributed by atoms with Gasteiger partial charge < -0.3 is 15.4 Å². The molecule has 2 N–H and O–H groups in total. The summed E-state index contributed by atoms with van der Waals surface area (Å²) in [7, 11) is 0. The van der Waals surface area contributed by atoms with Crippen molar-refractivity contribution in [3.63, 3.8) is 0 Å². The summed E-state index contributed by atoms with van der Waals surface area (Å²) < 4.78 is 18.6. The number of halogens is 1. The van der Waals surface area contributed by atoms with Crippen LogP contribution in [0.15, 0.2) is 18.2 Å². The summed E-state index contributed by atoms with van der Waals surface area (Å²) >= 11 is 0. The van der Waals surface area contributed by atoms with Crippen LogP contribution in [0.2, 0.25) is 0 Å². The maximum absolute atomic E-state index is 13.1. The fourth-order valence-electron chi connectivity index (χ4n) is 1.62. The van der Waals surface area contributed by atoms with Gasteiger partial charge >= 0.3 is 0 Å². The van der Waals surface area contributed by atoms with Crippen molar-refractivity contribution in [2.75, 3.05) is 32.0 Å². The van der Waals surface area contributed by atoms with Crippen LogP contribution in [0, 0.1) is 5.82 Å². The van der Waals surface area contributed by atoms with Gasteiger partial charge in [-0.1, -0.05) is 13.8 Å². The van der Waals surface area contributed by atoms with E-state index in [1.165, 1.54) is 12.1 Å². The fraction of sp³-hybridized carbons (Fsp3) is 0.538. The van der Waals surface area contributed by atoms with Gasteiger partial charge in [0.25, 0.3) is 0 Å². The Morgan fingerprint density at radius 2 is 2.00 bits per heavy atom. The minimum Gasteiger partial charge on any atom is -0.493 e. The van der Waals surface area contributed by atoms with Gasteiger partial charge in [0.1, 0.15) is 11.6 Å². The Morgan fingerprint density at radius 1 is 1.29 bits per heavy atom. The summed E-state index contributed by atoms with van der Waals surface area (Å²) in [6, 6.07) is 4.54. The molecule has 3 nitrogen and oxygen atoms in total. The maximum Gasteiger partial charge on any atom is 0.149 e. The molecule has 0 radical (unpaired) electrons. The monoisotopic (exact) mass is 240 g/mol. The van der Waals surface area contributed by atoms with Crippen molar-refractivity contribution in [3.8, 4) is 5.75 Å². The molecule has 1 aromatic carbocycles. The largest absolute Gasteiger partial charge is 0.493 e. The lowest BCUT2D eigenvalue weighted by Gasteiger charge is -2.17. The lowest BCUT2D eigenvalue weighted by atomic mass is 10.3. The third-order valence-corrected chi connectivity index (χ3v) is 2.75. The quantitative estimate of drug-likeness (QED) is 0.588. The zero-order valence-electron chi connectivity index (χ0n) is 10.6. The average molecular weight is 240 g/mol. The van der Waals surface area contributed by atoms with Crippen LogP contribution in [0.4, 0.5) is 10.1 Å². The molecule has 0 heterocycles. The van der Waals surface area contributed by atoms with E-state index in [9.17, 15) is 4.39 Å². The van der Waals surface area contributed by atoms with Crippen molar-refractivity contribution in [3.05, 3.63) is 24.0 Å². The lowest BCUT2D eigenvalue weighted by Crippen LogP contribution is -2.25. The normalized spacial score (nSPS) is 10.8. The van der Waals surface area contributed by atoms with Crippen LogP contribution in [-0.2, 0) is 0 Å². The van der Waals surface area contributed by atoms with Crippen molar-refractivity contribution in [2.24, 2.45) is 0 Å². The highest BCUT2D eigenvalue weighted by Crippen LogP contribution is 2.17. The van der Waals surface area contributed by atoms with E-state index in [1.54, 1.807) is 6.07 Å². The summed E-state index contributed by atoms with van der Waals surface area (Å²) in [6.07, 6.45) is 0.938. The number of anilines is 1. The molecule has 1 aromatic rings. The number of hydrogen-bond acceptors (Lipinski definition) is 3. The zero-order valence-corrected chi connectivity index (χ0v) is 10.6. The van der Waals surface area contributed by atoms with E-state index in [-0.39, 0.29) is 5.69 Å². The van der Waals surface area contributed by atoms with Gasteiger partial charge in [0.15, 0.2) is 0 Å². The molecule has 0 unspecified atom stereocenters. The van der Waals surface area contributed by atoms with Crippen molar-refractivity contribution in [1.82, 2.24) is 4.90 Å². The van der Waals surface area contributed by atoms with E-state index >= 15 is 0 Å². The average Bonchev–Trinajstić information content (AvgIpc) is 2.34. The number of nitrogens with zero attached hydrogens (tertiary/aromatic N) is 1. The second-order valence-electron chi connectivity index (χ2n) is 3.91. The van der Waals surface area contributed by atoms with Gasteiger partial charge in [-0.05, 0) is 31.6 Å². The van der Waals surface area contributed by atoms with Crippen molar-refractivity contribution in [2.45, 2.75) is 20.3 Å². The smallest absolute Gasteiger partial charge is 0.149 e. The number of rotatable bonds is 7. The number of nitrogens with two attached hydrogens (primary N) is 1. The Bertz CT molecular complexity index is 340. The fourth-order valence-corrected chi connectivity index (χ4v) is 1.62. The van der Waals surface area contributed by atoms with Gasteiger partial charge in [0, 0.05) is 12.6 Å². The molecule has 0 atom stereocenters. The van der Waals surface area contributed by atoms with Crippen LogP contribution in [0.1, 0.15) is 20.3 Å². The maximum atomic E-state index is 13.1. The second-order valence-corrected chi connectivity index (χ2v) is 3.91. The van der Waals surface area contributed by atoms with E-state index in [0.717, 1.165) is 26.1 Å². The molecule has 0 aliphatic heterocycles. The van der Waals surface area contributed by atoms with Crippen LogP contribution in [0.3, 0.4) is 0 Å². The first-order chi connectivity index (χ1) is 8.17. The molecule has 0 aliphatic carbocycles. The summed E-state index contributed by atoms with van der Waals surface area (Å²) in [5.41, 5.74) is 5.54. The first kappa shape index (κ1) is 13.8. The molecule has 0 spiro atoms. The second kappa shape index (κ2) is 7.12. The summed E-state index contributed by atoms with van der Waals surface area (Å²) in [5, 5.41) is 0. The van der Waals surface area contributed by atoms with Gasteiger partial charge in [-0.2, -0.15) is 0 Å². The predicted molar refractivity (Wildman–Crippen MR) is 68.7 cm³/mol. The third-order valence-electron chi connectivity index (χ3n) is 2.75. The first-order valence-electron chi connectivity index (χ1n) is 6.07. The summed E-state index contributed by atoms with van der Waals surface area (Å²) in [5.74, 6) is 0.113. The molecule has 1 rings (SSSR count). The standard InChI is InChI=1S/C13H21FN2O/c1-3-16(4-2)8-5-9-17-11-6-7-13(15)12(14)10-11/h6-7,10H,3-5,8-9,15H2,1-2H3. The molecule has 0 fully saturated rings. The molecule has 0 amide bonds. The summed E-state index contributed by atoms with van der Waals surface area (Å²) in [6.45, 7) is 7.98. The number of benzene rings is 1. The highest BCUT2D eigenvalue weighted by atomic mass is 19.1. The minimum atomic E-state index is -0.425. The van der Waals surface area contributed by atoms with E-state index < -0.39 is 5.82 Å². The number of nitrogen functional groups attached to an aromatic ring is 1. The minimum absolute atomic E-state index is 0.153. The third kappa shape index (κ3) is 4.61. The van der Waals surface area contributed by atoms with Gasteiger partial charge in [0.05, 0.1) is 12.3 Å². The van der Waals surface area contributed by atoms with Gasteiger partial charge in [-0.25, -0.2) is 4.39 Å². The van der Waals surface area contributed by atoms with Crippen LogP contribution < -0.4 is 10.5 Å². The number of hydrogen-bond donors (Lipinski definition) is 1. The molecule has 96 valence electrons. The molecular formula is C13H21FN2O. The van der Waals surface area contributed by atoms with E-state index in [1.807, 2.05) is 0 Å². The Hall–Kier alpha value is -1.29. The zero-order chi connectivity index (χ0) is 12.7. The predicted octanol–water partition coefficient (Wildman–Crippen LogP) is 2.52. The lowest BCUT2D eigenvalue weighted by molar-refractivity contribution is 0.248. The molecule has 0 aliphatic rings. The Kier molecular flexibility index (Phi) is 5.77. The highest BCUT2D eigenvalue weighted by Gasteiger charge is 2.02. The Balaban J connectivity index is 2.28. The Labute approximate surface area is 102 Å². The molecule has 0 saturated heterocycles. The highest BCUT2D eigenvalue weighted by molar-refractivity contribution is 5.43. The van der Waals surface area contributed by atoms with Gasteiger partial charge in [0.2, 0.25) is 0 Å². The number of ether oxygens (including phenoxy) is 1. The van der Waals surface area contributed by atoms with E-state index in [4.69, 9.17) is 10.5 Å². The van der Waals surface area contributed by atoms with Crippen molar-refractivity contribution >= 4 is 5.69 Å². The topological polar surface area (TPSA) is 38.5 Å². The van der Waals surface area contributed by atoms with E-state index in [0.29, 0.717) is 12.4 Å². The molecule has 0 aromatic heterocycles. The van der Waals surface area contributed by atoms with Crippen LogP contribution in [-0.4, -0.2) is 31.1 Å². The van der Waals surface area contributed by atoms with Gasteiger partial charge in [-0.3, -0.25) is 0 Å². The van der Waals surface area contributed by atoms with Gasteiger partial charge in [-0.15, -0.1) is 0 Å². The molecule has 4 heteroatoms. The SMILES string of the molecule is CCN(CC)CCCOc1ccc(N)c(F)c1. The first-order valence-corrected chi connectivity index (χ1v) is 6.07. The van der Waals surface area contributed by atoms with E-state index in [2.05, 4.69) is 18.7 Å². The molecule has 0 saturated carbocycles. The van der Waals surface area contributed by atoms with Crippen LogP contribution in [0.25, 0.3) is 0 Å². The van der Waals surface area contributed by atoms with Crippen molar-refractivity contribution in [1.29, 1.82) is 0 Å². The molecular weight excluding hydrogens is 219 g/mol. The Morgan fingerprint density at radius 3 is 2.59 bits per heavy atom. The molecule has 0 bridgehead atoms. The van der Waals surface area contributed by atoms with Crippen LogP contribution >= 0.6 is 0 Å². The van der Waals surface area contributed by atoms with Crippen molar-refractivity contribution < 1.29 is 9.13 Å².